The van der Waals surface area contributed by atoms with E-state index in [9.17, 15) is 0 Å². The molecule has 1 aliphatic carbocycles. The molecule has 3 heterocycles. The molecule has 0 aromatic carbocycles. The fourth-order valence-electron chi connectivity index (χ4n) is 4.85. The van der Waals surface area contributed by atoms with Crippen LogP contribution in [0.4, 0.5) is 5.82 Å². The first kappa shape index (κ1) is 16.7. The molecular formula is C20H31N5. The minimum atomic E-state index is 0.581. The molecule has 1 N–H and O–H groups in total. The van der Waals surface area contributed by atoms with Crippen LogP contribution in [-0.2, 0) is 6.54 Å². The first-order valence-corrected chi connectivity index (χ1v) is 9.94. The highest BCUT2D eigenvalue weighted by atomic mass is 15.3. The molecular weight excluding hydrogens is 310 g/mol. The summed E-state index contributed by atoms with van der Waals surface area (Å²) in [5.41, 5.74) is 1.87. The molecule has 5 nitrogen and oxygen atoms in total. The van der Waals surface area contributed by atoms with E-state index in [4.69, 9.17) is 0 Å². The molecule has 0 unspecified atom stereocenters. The van der Waals surface area contributed by atoms with Crippen molar-refractivity contribution in [1.82, 2.24) is 15.2 Å². The molecule has 136 valence electrons. The Morgan fingerprint density at radius 2 is 1.96 bits per heavy atom. The topological polar surface area (TPSA) is 43.8 Å². The summed E-state index contributed by atoms with van der Waals surface area (Å²) in [6.07, 6.45) is 11.5. The zero-order chi connectivity index (χ0) is 17.1. The molecule has 3 aliphatic rings. The van der Waals surface area contributed by atoms with Crippen molar-refractivity contribution < 1.29 is 0 Å². The number of aliphatic imine (C=N–C) groups is 1. The molecule has 0 amide bonds. The molecule has 2 saturated heterocycles. The Labute approximate surface area is 151 Å². The van der Waals surface area contributed by atoms with Crippen molar-refractivity contribution in [3.63, 3.8) is 0 Å². The number of nitrogens with zero attached hydrogens (tertiary/aromatic N) is 4. The van der Waals surface area contributed by atoms with Gasteiger partial charge in [-0.15, -0.1) is 0 Å². The van der Waals surface area contributed by atoms with Crippen molar-refractivity contribution in [3.8, 4) is 0 Å². The standard InChI is InChI=1S/C20H31N5/c1-21-19(25-13-9-20(16-25)7-2-3-8-20)23-15-17-6-10-22-18(14-17)24-11-4-5-12-24/h6,10,14H,2-5,7-9,11-13,15-16H2,1H3,(H,21,23). The van der Waals surface area contributed by atoms with Crippen LogP contribution in [0.1, 0.15) is 50.5 Å². The van der Waals surface area contributed by atoms with E-state index in [1.165, 1.54) is 57.1 Å². The maximum Gasteiger partial charge on any atom is 0.193 e. The van der Waals surface area contributed by atoms with Gasteiger partial charge in [-0.3, -0.25) is 4.99 Å². The molecule has 1 saturated carbocycles. The molecule has 2 aliphatic heterocycles. The summed E-state index contributed by atoms with van der Waals surface area (Å²) < 4.78 is 0. The molecule has 0 atom stereocenters. The lowest BCUT2D eigenvalue weighted by Crippen LogP contribution is -2.40. The Bertz CT molecular complexity index is 614. The Kier molecular flexibility index (Phi) is 4.82. The number of anilines is 1. The molecule has 1 spiro atoms. The highest BCUT2D eigenvalue weighted by molar-refractivity contribution is 5.80. The quantitative estimate of drug-likeness (QED) is 0.678. The molecule has 0 radical (unpaired) electrons. The molecule has 5 heteroatoms. The highest BCUT2D eigenvalue weighted by Crippen LogP contribution is 2.45. The van der Waals surface area contributed by atoms with Crippen molar-refractivity contribution in [2.45, 2.75) is 51.5 Å². The second-order valence-corrected chi connectivity index (χ2v) is 8.00. The number of likely N-dealkylation sites (tertiary alicyclic amines) is 1. The van der Waals surface area contributed by atoms with Crippen LogP contribution in [0.5, 0.6) is 0 Å². The lowest BCUT2D eigenvalue weighted by molar-refractivity contribution is 0.309. The van der Waals surface area contributed by atoms with Gasteiger partial charge in [0.1, 0.15) is 5.82 Å². The van der Waals surface area contributed by atoms with E-state index >= 15 is 0 Å². The largest absolute Gasteiger partial charge is 0.357 e. The van der Waals surface area contributed by atoms with Crippen molar-refractivity contribution in [2.75, 3.05) is 38.1 Å². The normalized spacial score (nSPS) is 23.0. The maximum atomic E-state index is 4.55. The van der Waals surface area contributed by atoms with Crippen molar-refractivity contribution >= 4 is 11.8 Å². The fourth-order valence-corrected chi connectivity index (χ4v) is 4.85. The summed E-state index contributed by atoms with van der Waals surface area (Å²) >= 11 is 0. The predicted octanol–water partition coefficient (Wildman–Crippen LogP) is 3.02. The molecule has 25 heavy (non-hydrogen) atoms. The Balaban J connectivity index is 1.36. The van der Waals surface area contributed by atoms with E-state index in [2.05, 4.69) is 37.2 Å². The molecule has 0 bridgehead atoms. The first-order valence-electron chi connectivity index (χ1n) is 9.94. The van der Waals surface area contributed by atoms with Gasteiger partial charge in [-0.2, -0.15) is 0 Å². The van der Waals surface area contributed by atoms with E-state index < -0.39 is 0 Å². The van der Waals surface area contributed by atoms with Crippen LogP contribution < -0.4 is 10.2 Å². The second kappa shape index (κ2) is 7.22. The van der Waals surface area contributed by atoms with Crippen molar-refractivity contribution in [2.24, 2.45) is 10.4 Å². The van der Waals surface area contributed by atoms with Crippen LogP contribution in [0.2, 0.25) is 0 Å². The van der Waals surface area contributed by atoms with Gasteiger partial charge < -0.3 is 15.1 Å². The summed E-state index contributed by atoms with van der Waals surface area (Å²) in [6.45, 7) is 5.43. The van der Waals surface area contributed by atoms with Crippen LogP contribution >= 0.6 is 0 Å². The Hall–Kier alpha value is -1.78. The van der Waals surface area contributed by atoms with Gasteiger partial charge in [0.05, 0.1) is 0 Å². The maximum absolute atomic E-state index is 4.55. The van der Waals surface area contributed by atoms with E-state index in [1.54, 1.807) is 0 Å². The summed E-state index contributed by atoms with van der Waals surface area (Å²) in [7, 11) is 1.91. The van der Waals surface area contributed by atoms with E-state index in [-0.39, 0.29) is 0 Å². The Morgan fingerprint density at radius 3 is 2.72 bits per heavy atom. The third-order valence-electron chi connectivity index (χ3n) is 6.30. The zero-order valence-electron chi connectivity index (χ0n) is 15.5. The number of hydrogen-bond acceptors (Lipinski definition) is 3. The lowest BCUT2D eigenvalue weighted by Gasteiger charge is -2.26. The Morgan fingerprint density at radius 1 is 1.16 bits per heavy atom. The number of rotatable bonds is 3. The third kappa shape index (κ3) is 3.60. The number of pyridine rings is 1. The van der Waals surface area contributed by atoms with Gasteiger partial charge in [-0.05, 0) is 55.2 Å². The van der Waals surface area contributed by atoms with E-state index in [0.717, 1.165) is 38.0 Å². The van der Waals surface area contributed by atoms with Crippen molar-refractivity contribution in [3.05, 3.63) is 23.9 Å². The van der Waals surface area contributed by atoms with Gasteiger partial charge in [-0.25, -0.2) is 4.98 Å². The van der Waals surface area contributed by atoms with Gasteiger partial charge in [0.15, 0.2) is 5.96 Å². The summed E-state index contributed by atoms with van der Waals surface area (Å²) in [5, 5.41) is 3.58. The third-order valence-corrected chi connectivity index (χ3v) is 6.30. The minimum absolute atomic E-state index is 0.581. The molecule has 1 aromatic rings. The molecule has 3 fully saturated rings. The SMILES string of the molecule is CN=C(NCc1ccnc(N2CCCC2)c1)N1CCC2(CCCC2)C1. The van der Waals surface area contributed by atoms with Gasteiger partial charge in [0, 0.05) is 46.0 Å². The van der Waals surface area contributed by atoms with Crippen LogP contribution in [0.3, 0.4) is 0 Å². The average molecular weight is 342 g/mol. The van der Waals surface area contributed by atoms with Crippen LogP contribution in [0.25, 0.3) is 0 Å². The van der Waals surface area contributed by atoms with Crippen LogP contribution in [-0.4, -0.2) is 49.1 Å². The number of guanidine groups is 1. The van der Waals surface area contributed by atoms with E-state index in [1.807, 2.05) is 13.2 Å². The van der Waals surface area contributed by atoms with Gasteiger partial charge in [0.25, 0.3) is 0 Å². The second-order valence-electron chi connectivity index (χ2n) is 8.00. The zero-order valence-corrected chi connectivity index (χ0v) is 15.5. The minimum Gasteiger partial charge on any atom is -0.357 e. The monoisotopic (exact) mass is 341 g/mol. The molecule has 4 rings (SSSR count). The van der Waals surface area contributed by atoms with E-state index in [0.29, 0.717) is 5.41 Å². The van der Waals surface area contributed by atoms with Gasteiger partial charge >= 0.3 is 0 Å². The lowest BCUT2D eigenvalue weighted by atomic mass is 9.86. The number of aromatic nitrogens is 1. The highest BCUT2D eigenvalue weighted by Gasteiger charge is 2.41. The van der Waals surface area contributed by atoms with Gasteiger partial charge in [0.2, 0.25) is 0 Å². The molecule has 1 aromatic heterocycles. The average Bonchev–Trinajstić information content (AvgIpc) is 3.40. The summed E-state index contributed by atoms with van der Waals surface area (Å²) in [5.74, 6) is 2.18. The predicted molar refractivity (Wildman–Crippen MR) is 103 cm³/mol. The summed E-state index contributed by atoms with van der Waals surface area (Å²) in [6, 6.07) is 4.34. The van der Waals surface area contributed by atoms with Crippen LogP contribution in [0.15, 0.2) is 23.3 Å². The number of hydrogen-bond donors (Lipinski definition) is 1. The smallest absolute Gasteiger partial charge is 0.193 e. The van der Waals surface area contributed by atoms with Gasteiger partial charge in [-0.1, -0.05) is 12.8 Å². The first-order chi connectivity index (χ1) is 12.3. The fraction of sp³-hybridized carbons (Fsp3) is 0.700. The number of nitrogens with one attached hydrogen (secondary N) is 1. The summed E-state index contributed by atoms with van der Waals surface area (Å²) in [4.78, 5) is 14.0. The van der Waals surface area contributed by atoms with Crippen molar-refractivity contribution in [1.29, 1.82) is 0 Å². The van der Waals surface area contributed by atoms with Crippen LogP contribution in [0, 0.1) is 5.41 Å².